The van der Waals surface area contributed by atoms with Crippen LogP contribution in [-0.4, -0.2) is 30.1 Å². The van der Waals surface area contributed by atoms with Gasteiger partial charge in [-0.05, 0) is 31.7 Å². The standard InChI is InChI=1S/C18H27FN2/c1-14-12-21(13-16-9-5-6-10-17(16)19)18(11-20-14)15-7-3-2-4-8-15/h5-6,9-10,14-15,18,20H,2-4,7-8,11-13H2,1H3. The maximum Gasteiger partial charge on any atom is 0.127 e. The molecular weight excluding hydrogens is 263 g/mol. The van der Waals surface area contributed by atoms with Gasteiger partial charge in [0.1, 0.15) is 5.82 Å². The fourth-order valence-corrected chi connectivity index (χ4v) is 4.01. The van der Waals surface area contributed by atoms with Crippen LogP contribution in [0.25, 0.3) is 0 Å². The summed E-state index contributed by atoms with van der Waals surface area (Å²) in [5.41, 5.74) is 0.840. The number of halogens is 1. The normalized spacial score (nSPS) is 28.7. The molecular formula is C18H27FN2. The summed E-state index contributed by atoms with van der Waals surface area (Å²) in [5.74, 6) is 0.719. The summed E-state index contributed by atoms with van der Waals surface area (Å²) in [7, 11) is 0. The van der Waals surface area contributed by atoms with E-state index in [1.165, 1.54) is 32.1 Å². The smallest absolute Gasteiger partial charge is 0.127 e. The topological polar surface area (TPSA) is 15.3 Å². The Morgan fingerprint density at radius 3 is 2.71 bits per heavy atom. The van der Waals surface area contributed by atoms with E-state index >= 15 is 0 Å². The van der Waals surface area contributed by atoms with Gasteiger partial charge in [0.2, 0.25) is 0 Å². The van der Waals surface area contributed by atoms with E-state index in [4.69, 9.17) is 0 Å². The van der Waals surface area contributed by atoms with E-state index in [1.54, 1.807) is 12.1 Å². The zero-order valence-corrected chi connectivity index (χ0v) is 13.0. The number of hydrogen-bond donors (Lipinski definition) is 1. The first-order valence-electron chi connectivity index (χ1n) is 8.45. The minimum absolute atomic E-state index is 0.0638. The van der Waals surface area contributed by atoms with Crippen LogP contribution in [0.5, 0.6) is 0 Å². The lowest BCUT2D eigenvalue weighted by molar-refractivity contribution is 0.0680. The summed E-state index contributed by atoms with van der Waals surface area (Å²) in [6, 6.07) is 8.30. The van der Waals surface area contributed by atoms with Crippen LogP contribution in [0, 0.1) is 11.7 Å². The molecule has 2 atom stereocenters. The second-order valence-corrected chi connectivity index (χ2v) is 6.80. The van der Waals surface area contributed by atoms with Gasteiger partial charge in [0.15, 0.2) is 0 Å². The molecule has 1 saturated heterocycles. The van der Waals surface area contributed by atoms with Crippen molar-refractivity contribution in [1.82, 2.24) is 10.2 Å². The minimum atomic E-state index is -0.0638. The van der Waals surface area contributed by atoms with Crippen LogP contribution in [-0.2, 0) is 6.54 Å². The summed E-state index contributed by atoms with van der Waals surface area (Å²) >= 11 is 0. The van der Waals surface area contributed by atoms with Crippen molar-refractivity contribution >= 4 is 0 Å². The van der Waals surface area contributed by atoms with Crippen LogP contribution in [0.2, 0.25) is 0 Å². The van der Waals surface area contributed by atoms with Gasteiger partial charge in [0, 0.05) is 37.3 Å². The largest absolute Gasteiger partial charge is 0.311 e. The summed E-state index contributed by atoms with van der Waals surface area (Å²) in [6.07, 6.45) is 6.80. The van der Waals surface area contributed by atoms with Gasteiger partial charge in [-0.15, -0.1) is 0 Å². The Labute approximate surface area is 127 Å². The van der Waals surface area contributed by atoms with Gasteiger partial charge in [0.05, 0.1) is 0 Å². The predicted octanol–water partition coefficient (Wildman–Crippen LogP) is 3.57. The molecule has 1 aliphatic heterocycles. The van der Waals surface area contributed by atoms with E-state index in [0.717, 1.165) is 31.1 Å². The van der Waals surface area contributed by atoms with Gasteiger partial charge in [-0.25, -0.2) is 4.39 Å². The van der Waals surface area contributed by atoms with Crippen molar-refractivity contribution in [2.75, 3.05) is 13.1 Å². The van der Waals surface area contributed by atoms with Crippen molar-refractivity contribution < 1.29 is 4.39 Å². The molecule has 2 nitrogen and oxygen atoms in total. The maximum atomic E-state index is 14.0. The van der Waals surface area contributed by atoms with E-state index in [9.17, 15) is 4.39 Å². The van der Waals surface area contributed by atoms with Gasteiger partial charge >= 0.3 is 0 Å². The first kappa shape index (κ1) is 15.0. The van der Waals surface area contributed by atoms with E-state index in [1.807, 2.05) is 12.1 Å². The van der Waals surface area contributed by atoms with Crippen LogP contribution in [0.3, 0.4) is 0 Å². The van der Waals surface area contributed by atoms with E-state index in [0.29, 0.717) is 12.1 Å². The van der Waals surface area contributed by atoms with Gasteiger partial charge in [-0.3, -0.25) is 4.90 Å². The highest BCUT2D eigenvalue weighted by Crippen LogP contribution is 2.31. The molecule has 2 aliphatic rings. The SMILES string of the molecule is CC1CN(Cc2ccccc2F)C(C2CCCCC2)CN1. The van der Waals surface area contributed by atoms with Crippen molar-refractivity contribution in [2.45, 2.75) is 57.7 Å². The Hall–Kier alpha value is -0.930. The molecule has 0 amide bonds. The molecule has 2 unspecified atom stereocenters. The number of nitrogens with one attached hydrogen (secondary N) is 1. The second kappa shape index (κ2) is 6.89. The summed E-state index contributed by atoms with van der Waals surface area (Å²) in [5, 5.41) is 3.62. The minimum Gasteiger partial charge on any atom is -0.311 e. The quantitative estimate of drug-likeness (QED) is 0.915. The van der Waals surface area contributed by atoms with E-state index in [-0.39, 0.29) is 5.82 Å². The summed E-state index contributed by atoms with van der Waals surface area (Å²) in [4.78, 5) is 2.52. The molecule has 0 radical (unpaired) electrons. The molecule has 21 heavy (non-hydrogen) atoms. The Kier molecular flexibility index (Phi) is 4.91. The molecule has 0 spiro atoms. The number of nitrogens with zero attached hydrogens (tertiary/aromatic N) is 1. The molecule has 0 aromatic heterocycles. The molecule has 3 heteroatoms. The molecule has 1 aliphatic carbocycles. The third-order valence-corrected chi connectivity index (χ3v) is 5.18. The molecule has 1 aromatic carbocycles. The molecule has 116 valence electrons. The molecule has 1 saturated carbocycles. The Morgan fingerprint density at radius 2 is 1.95 bits per heavy atom. The van der Waals surface area contributed by atoms with Crippen LogP contribution in [0.15, 0.2) is 24.3 Å². The lowest BCUT2D eigenvalue weighted by Crippen LogP contribution is -2.57. The highest BCUT2D eigenvalue weighted by Gasteiger charge is 2.32. The van der Waals surface area contributed by atoms with Crippen LogP contribution < -0.4 is 5.32 Å². The fourth-order valence-electron chi connectivity index (χ4n) is 4.01. The number of benzene rings is 1. The third-order valence-electron chi connectivity index (χ3n) is 5.18. The lowest BCUT2D eigenvalue weighted by Gasteiger charge is -2.44. The third kappa shape index (κ3) is 3.64. The van der Waals surface area contributed by atoms with Gasteiger partial charge < -0.3 is 5.32 Å². The highest BCUT2D eigenvalue weighted by molar-refractivity contribution is 5.17. The Bertz CT molecular complexity index is 456. The second-order valence-electron chi connectivity index (χ2n) is 6.80. The molecule has 0 bridgehead atoms. The monoisotopic (exact) mass is 290 g/mol. The van der Waals surface area contributed by atoms with E-state index < -0.39 is 0 Å². The van der Waals surface area contributed by atoms with Crippen molar-refractivity contribution in [3.8, 4) is 0 Å². The van der Waals surface area contributed by atoms with E-state index in [2.05, 4.69) is 17.1 Å². The first-order valence-corrected chi connectivity index (χ1v) is 8.45. The Morgan fingerprint density at radius 1 is 1.19 bits per heavy atom. The molecule has 1 heterocycles. The number of piperazine rings is 1. The van der Waals surface area contributed by atoms with Crippen molar-refractivity contribution in [3.05, 3.63) is 35.6 Å². The first-order chi connectivity index (χ1) is 10.2. The number of rotatable bonds is 3. The average Bonchev–Trinajstić information content (AvgIpc) is 2.51. The predicted molar refractivity (Wildman–Crippen MR) is 84.6 cm³/mol. The summed E-state index contributed by atoms with van der Waals surface area (Å²) in [6.45, 7) is 5.06. The van der Waals surface area contributed by atoms with Crippen LogP contribution >= 0.6 is 0 Å². The zero-order chi connectivity index (χ0) is 14.7. The maximum absolute atomic E-state index is 14.0. The van der Waals surface area contributed by atoms with Gasteiger partial charge in [-0.1, -0.05) is 37.5 Å². The van der Waals surface area contributed by atoms with Gasteiger partial charge in [0.25, 0.3) is 0 Å². The number of hydrogen-bond acceptors (Lipinski definition) is 2. The zero-order valence-electron chi connectivity index (χ0n) is 13.0. The highest BCUT2D eigenvalue weighted by atomic mass is 19.1. The van der Waals surface area contributed by atoms with Crippen molar-refractivity contribution in [2.24, 2.45) is 5.92 Å². The molecule has 3 rings (SSSR count). The Balaban J connectivity index is 1.73. The van der Waals surface area contributed by atoms with Crippen molar-refractivity contribution in [3.63, 3.8) is 0 Å². The average molecular weight is 290 g/mol. The summed E-state index contributed by atoms with van der Waals surface area (Å²) < 4.78 is 14.0. The molecule has 1 N–H and O–H groups in total. The lowest BCUT2D eigenvalue weighted by atomic mass is 9.82. The van der Waals surface area contributed by atoms with Crippen LogP contribution in [0.4, 0.5) is 4.39 Å². The van der Waals surface area contributed by atoms with Gasteiger partial charge in [-0.2, -0.15) is 0 Å². The van der Waals surface area contributed by atoms with Crippen LogP contribution in [0.1, 0.15) is 44.6 Å². The molecule has 1 aromatic rings. The van der Waals surface area contributed by atoms with Crippen molar-refractivity contribution in [1.29, 1.82) is 0 Å². The molecule has 2 fully saturated rings. The fraction of sp³-hybridized carbons (Fsp3) is 0.667.